The number of nitrogens with zero attached hydrogens (tertiary/aromatic N) is 3. The summed E-state index contributed by atoms with van der Waals surface area (Å²) in [6.45, 7) is 8.20. The lowest BCUT2D eigenvalue weighted by atomic mass is 9.95. The Morgan fingerprint density at radius 2 is 1.80 bits per heavy atom. The number of anilines is 1. The SMILES string of the molecule is CC(C)N1CCCC[C@@H]1c1ccc(N2CCCC2)nc1. The van der Waals surface area contributed by atoms with E-state index in [1.54, 1.807) is 0 Å². The molecule has 2 fully saturated rings. The van der Waals surface area contributed by atoms with Gasteiger partial charge in [0.2, 0.25) is 0 Å². The van der Waals surface area contributed by atoms with Crippen molar-refractivity contribution in [1.82, 2.24) is 9.88 Å². The second-order valence-electron chi connectivity index (χ2n) is 6.49. The highest BCUT2D eigenvalue weighted by Crippen LogP contribution is 2.32. The van der Waals surface area contributed by atoms with E-state index in [0.717, 1.165) is 5.82 Å². The van der Waals surface area contributed by atoms with Crippen LogP contribution in [0.2, 0.25) is 0 Å². The molecule has 0 unspecified atom stereocenters. The van der Waals surface area contributed by atoms with Gasteiger partial charge in [-0.15, -0.1) is 0 Å². The van der Waals surface area contributed by atoms with E-state index in [2.05, 4.69) is 42.0 Å². The fourth-order valence-corrected chi connectivity index (χ4v) is 3.66. The summed E-state index contributed by atoms with van der Waals surface area (Å²) in [5.74, 6) is 1.16. The molecule has 110 valence electrons. The van der Waals surface area contributed by atoms with Crippen LogP contribution in [0.15, 0.2) is 18.3 Å². The highest BCUT2D eigenvalue weighted by atomic mass is 15.2. The molecule has 0 bridgehead atoms. The van der Waals surface area contributed by atoms with E-state index >= 15 is 0 Å². The van der Waals surface area contributed by atoms with Gasteiger partial charge in [-0.3, -0.25) is 4.90 Å². The lowest BCUT2D eigenvalue weighted by Gasteiger charge is -2.38. The second kappa shape index (κ2) is 6.13. The molecule has 0 aliphatic carbocycles. The van der Waals surface area contributed by atoms with E-state index in [1.165, 1.54) is 57.3 Å². The molecule has 2 saturated heterocycles. The van der Waals surface area contributed by atoms with Crippen LogP contribution in [0.1, 0.15) is 57.6 Å². The Morgan fingerprint density at radius 3 is 2.45 bits per heavy atom. The average molecular weight is 273 g/mol. The minimum Gasteiger partial charge on any atom is -0.357 e. The second-order valence-corrected chi connectivity index (χ2v) is 6.49. The summed E-state index contributed by atoms with van der Waals surface area (Å²) in [4.78, 5) is 9.77. The van der Waals surface area contributed by atoms with Gasteiger partial charge in [0.1, 0.15) is 5.82 Å². The van der Waals surface area contributed by atoms with Gasteiger partial charge in [-0.05, 0) is 57.7 Å². The van der Waals surface area contributed by atoms with Crippen molar-refractivity contribution in [2.24, 2.45) is 0 Å². The zero-order chi connectivity index (χ0) is 13.9. The van der Waals surface area contributed by atoms with Gasteiger partial charge in [-0.1, -0.05) is 12.5 Å². The molecule has 3 heteroatoms. The molecule has 3 heterocycles. The maximum Gasteiger partial charge on any atom is 0.128 e. The predicted octanol–water partition coefficient (Wildman–Crippen LogP) is 3.62. The van der Waals surface area contributed by atoms with Crippen LogP contribution in [0, 0.1) is 0 Å². The van der Waals surface area contributed by atoms with E-state index < -0.39 is 0 Å². The van der Waals surface area contributed by atoms with E-state index in [0.29, 0.717) is 12.1 Å². The third-order valence-electron chi connectivity index (χ3n) is 4.79. The molecule has 0 aromatic carbocycles. The Bertz CT molecular complexity index is 420. The van der Waals surface area contributed by atoms with Crippen LogP contribution >= 0.6 is 0 Å². The first-order valence-corrected chi connectivity index (χ1v) is 8.22. The summed E-state index contributed by atoms with van der Waals surface area (Å²) < 4.78 is 0. The summed E-state index contributed by atoms with van der Waals surface area (Å²) >= 11 is 0. The van der Waals surface area contributed by atoms with Crippen LogP contribution in [0.4, 0.5) is 5.82 Å². The average Bonchev–Trinajstić information content (AvgIpc) is 3.02. The molecule has 0 saturated carbocycles. The largest absolute Gasteiger partial charge is 0.357 e. The molecule has 3 rings (SSSR count). The number of hydrogen-bond donors (Lipinski definition) is 0. The molecule has 1 atom stereocenters. The molecule has 0 spiro atoms. The molecule has 20 heavy (non-hydrogen) atoms. The summed E-state index contributed by atoms with van der Waals surface area (Å²) in [5, 5.41) is 0. The first kappa shape index (κ1) is 13.9. The standard InChI is InChI=1S/C17H27N3/c1-14(2)20-12-4-3-7-16(20)15-8-9-17(18-13-15)19-10-5-6-11-19/h8-9,13-14,16H,3-7,10-12H2,1-2H3/t16-/m1/s1. The number of likely N-dealkylation sites (tertiary alicyclic amines) is 1. The van der Waals surface area contributed by atoms with E-state index in [4.69, 9.17) is 4.98 Å². The van der Waals surface area contributed by atoms with Crippen molar-refractivity contribution in [1.29, 1.82) is 0 Å². The van der Waals surface area contributed by atoms with Crippen molar-refractivity contribution < 1.29 is 0 Å². The van der Waals surface area contributed by atoms with Gasteiger partial charge in [0.05, 0.1) is 0 Å². The van der Waals surface area contributed by atoms with Gasteiger partial charge >= 0.3 is 0 Å². The molecule has 1 aromatic rings. The van der Waals surface area contributed by atoms with Crippen LogP contribution in [-0.2, 0) is 0 Å². The molecular formula is C17H27N3. The third kappa shape index (κ3) is 2.83. The zero-order valence-corrected chi connectivity index (χ0v) is 12.9. The van der Waals surface area contributed by atoms with Crippen molar-refractivity contribution >= 4 is 5.82 Å². The van der Waals surface area contributed by atoms with Crippen molar-refractivity contribution in [3.63, 3.8) is 0 Å². The Balaban J connectivity index is 1.75. The first-order chi connectivity index (χ1) is 9.75. The van der Waals surface area contributed by atoms with Crippen LogP contribution in [0.5, 0.6) is 0 Å². The van der Waals surface area contributed by atoms with Crippen molar-refractivity contribution in [3.8, 4) is 0 Å². The van der Waals surface area contributed by atoms with E-state index in [1.807, 2.05) is 0 Å². The predicted molar refractivity (Wildman–Crippen MR) is 84.1 cm³/mol. The zero-order valence-electron chi connectivity index (χ0n) is 12.9. The summed E-state index contributed by atoms with van der Waals surface area (Å²) in [5.41, 5.74) is 1.40. The Kier molecular flexibility index (Phi) is 4.25. The maximum atomic E-state index is 4.73. The van der Waals surface area contributed by atoms with Crippen LogP contribution < -0.4 is 4.90 Å². The molecule has 1 aromatic heterocycles. The van der Waals surface area contributed by atoms with Gasteiger partial charge in [0.15, 0.2) is 0 Å². The van der Waals surface area contributed by atoms with E-state index in [-0.39, 0.29) is 0 Å². The summed E-state index contributed by atoms with van der Waals surface area (Å²) in [7, 11) is 0. The highest BCUT2D eigenvalue weighted by Gasteiger charge is 2.26. The van der Waals surface area contributed by atoms with Crippen molar-refractivity contribution in [3.05, 3.63) is 23.9 Å². The molecule has 2 aliphatic heterocycles. The first-order valence-electron chi connectivity index (χ1n) is 8.22. The molecule has 2 aliphatic rings. The monoisotopic (exact) mass is 273 g/mol. The van der Waals surface area contributed by atoms with Gasteiger partial charge in [-0.25, -0.2) is 4.98 Å². The van der Waals surface area contributed by atoms with Crippen molar-refractivity contribution in [2.75, 3.05) is 24.5 Å². The lowest BCUT2D eigenvalue weighted by molar-refractivity contribution is 0.112. The Hall–Kier alpha value is -1.09. The minimum atomic E-state index is 0.573. The molecule has 3 nitrogen and oxygen atoms in total. The Morgan fingerprint density at radius 1 is 1.05 bits per heavy atom. The number of pyridine rings is 1. The topological polar surface area (TPSA) is 19.4 Å². The van der Waals surface area contributed by atoms with Crippen LogP contribution in [-0.4, -0.2) is 35.6 Å². The normalized spacial score (nSPS) is 24.6. The lowest BCUT2D eigenvalue weighted by Crippen LogP contribution is -2.38. The van der Waals surface area contributed by atoms with Gasteiger partial charge < -0.3 is 4.90 Å². The Labute approximate surface area is 123 Å². The number of piperidine rings is 1. The quantitative estimate of drug-likeness (QED) is 0.838. The fourth-order valence-electron chi connectivity index (χ4n) is 3.66. The summed E-state index contributed by atoms with van der Waals surface area (Å²) in [6, 6.07) is 5.74. The number of hydrogen-bond acceptors (Lipinski definition) is 3. The van der Waals surface area contributed by atoms with E-state index in [9.17, 15) is 0 Å². The minimum absolute atomic E-state index is 0.573. The van der Waals surface area contributed by atoms with Gasteiger partial charge in [-0.2, -0.15) is 0 Å². The van der Waals surface area contributed by atoms with Gasteiger partial charge in [0.25, 0.3) is 0 Å². The highest BCUT2D eigenvalue weighted by molar-refractivity contribution is 5.40. The fraction of sp³-hybridized carbons (Fsp3) is 0.706. The van der Waals surface area contributed by atoms with Crippen LogP contribution in [0.3, 0.4) is 0 Å². The van der Waals surface area contributed by atoms with Crippen molar-refractivity contribution in [2.45, 2.75) is 58.0 Å². The number of rotatable bonds is 3. The maximum absolute atomic E-state index is 4.73. The van der Waals surface area contributed by atoms with Gasteiger partial charge in [0, 0.05) is 31.4 Å². The molecule has 0 N–H and O–H groups in total. The summed E-state index contributed by atoms with van der Waals surface area (Å²) in [6.07, 6.45) is 8.72. The van der Waals surface area contributed by atoms with Crippen LogP contribution in [0.25, 0.3) is 0 Å². The third-order valence-corrected chi connectivity index (χ3v) is 4.79. The molecule has 0 radical (unpaired) electrons. The smallest absolute Gasteiger partial charge is 0.128 e. The number of aromatic nitrogens is 1. The molecular weight excluding hydrogens is 246 g/mol. The molecule has 0 amide bonds.